The molecular weight excluding hydrogens is 322 g/mol. The zero-order valence-corrected chi connectivity index (χ0v) is 15.3. The standard InChI is InChI=1S/C18H27N3O4/c1-11-6-5-7-12(2)21(11)17(22)10-20-14-9-16(25-4)15(24-3)8-13(14)18(19)23/h8-9,11-12,20H,5-7,10H2,1-4H3,(H2,19,23)/t11-,12+. The molecule has 1 saturated heterocycles. The Kier molecular flexibility index (Phi) is 6.12. The van der Waals surface area contributed by atoms with Crippen LogP contribution in [0, 0.1) is 0 Å². The quantitative estimate of drug-likeness (QED) is 0.819. The summed E-state index contributed by atoms with van der Waals surface area (Å²) in [6.07, 6.45) is 3.17. The third-order valence-corrected chi connectivity index (χ3v) is 4.70. The van der Waals surface area contributed by atoms with Crippen molar-refractivity contribution in [2.24, 2.45) is 5.73 Å². The molecule has 1 aliphatic heterocycles. The number of carbonyl (C=O) groups is 2. The van der Waals surface area contributed by atoms with Crippen molar-refractivity contribution in [1.82, 2.24) is 4.90 Å². The number of nitrogens with two attached hydrogens (primary N) is 1. The first-order chi connectivity index (χ1) is 11.9. The lowest BCUT2D eigenvalue weighted by Gasteiger charge is -2.39. The Morgan fingerprint density at radius 2 is 1.72 bits per heavy atom. The first-order valence-electron chi connectivity index (χ1n) is 8.49. The third-order valence-electron chi connectivity index (χ3n) is 4.70. The van der Waals surface area contributed by atoms with E-state index in [1.165, 1.54) is 20.3 Å². The number of ether oxygens (including phenoxy) is 2. The summed E-state index contributed by atoms with van der Waals surface area (Å²) < 4.78 is 10.5. The van der Waals surface area contributed by atoms with E-state index in [0.29, 0.717) is 17.2 Å². The van der Waals surface area contributed by atoms with Gasteiger partial charge in [0.1, 0.15) is 0 Å². The lowest BCUT2D eigenvalue weighted by atomic mass is 9.97. The molecule has 2 amide bonds. The Bertz CT molecular complexity index is 637. The number of nitrogens with one attached hydrogen (secondary N) is 1. The minimum absolute atomic E-state index is 0.00454. The van der Waals surface area contributed by atoms with Crippen molar-refractivity contribution in [3.05, 3.63) is 17.7 Å². The summed E-state index contributed by atoms with van der Waals surface area (Å²) in [5, 5.41) is 3.03. The second kappa shape index (κ2) is 8.09. The second-order valence-corrected chi connectivity index (χ2v) is 6.40. The fraction of sp³-hybridized carbons (Fsp3) is 0.556. The molecule has 3 N–H and O–H groups in total. The predicted molar refractivity (Wildman–Crippen MR) is 96.2 cm³/mol. The van der Waals surface area contributed by atoms with E-state index >= 15 is 0 Å². The molecule has 0 spiro atoms. The van der Waals surface area contributed by atoms with Crippen LogP contribution in [0.25, 0.3) is 0 Å². The van der Waals surface area contributed by atoms with Crippen molar-refractivity contribution in [2.45, 2.75) is 45.2 Å². The summed E-state index contributed by atoms with van der Waals surface area (Å²) in [6.45, 7) is 4.22. The highest BCUT2D eigenvalue weighted by molar-refractivity contribution is 6.00. The fourth-order valence-corrected chi connectivity index (χ4v) is 3.40. The molecule has 0 bridgehead atoms. The number of amides is 2. The smallest absolute Gasteiger partial charge is 0.250 e. The number of likely N-dealkylation sites (tertiary alicyclic amines) is 1. The molecule has 1 aromatic carbocycles. The number of carbonyl (C=O) groups excluding carboxylic acids is 2. The van der Waals surface area contributed by atoms with Crippen LogP contribution in [0.1, 0.15) is 43.5 Å². The highest BCUT2D eigenvalue weighted by atomic mass is 16.5. The minimum atomic E-state index is -0.601. The predicted octanol–water partition coefficient (Wildman–Crippen LogP) is 2.00. The molecule has 0 aromatic heterocycles. The maximum atomic E-state index is 12.6. The van der Waals surface area contributed by atoms with E-state index in [2.05, 4.69) is 19.2 Å². The molecule has 1 fully saturated rings. The molecule has 25 heavy (non-hydrogen) atoms. The highest BCUT2D eigenvalue weighted by Gasteiger charge is 2.28. The van der Waals surface area contributed by atoms with Gasteiger partial charge in [0, 0.05) is 18.2 Å². The fourth-order valence-electron chi connectivity index (χ4n) is 3.40. The van der Waals surface area contributed by atoms with Crippen molar-refractivity contribution < 1.29 is 19.1 Å². The highest BCUT2D eigenvalue weighted by Crippen LogP contribution is 2.33. The normalized spacial score (nSPS) is 20.1. The summed E-state index contributed by atoms with van der Waals surface area (Å²) in [7, 11) is 2.99. The topological polar surface area (TPSA) is 93.9 Å². The number of benzene rings is 1. The monoisotopic (exact) mass is 349 g/mol. The lowest BCUT2D eigenvalue weighted by Crippen LogP contribution is -2.49. The van der Waals surface area contributed by atoms with E-state index in [4.69, 9.17) is 15.2 Å². The van der Waals surface area contributed by atoms with E-state index in [1.807, 2.05) is 4.90 Å². The molecule has 1 heterocycles. The van der Waals surface area contributed by atoms with Gasteiger partial charge in [-0.2, -0.15) is 0 Å². The number of primary amides is 1. The molecule has 0 saturated carbocycles. The van der Waals surface area contributed by atoms with Crippen molar-refractivity contribution >= 4 is 17.5 Å². The second-order valence-electron chi connectivity index (χ2n) is 6.40. The van der Waals surface area contributed by atoms with Crippen LogP contribution in [0.4, 0.5) is 5.69 Å². The molecule has 7 heteroatoms. The number of anilines is 1. The molecule has 2 rings (SSSR count). The maximum absolute atomic E-state index is 12.6. The summed E-state index contributed by atoms with van der Waals surface area (Å²) >= 11 is 0. The molecule has 138 valence electrons. The number of methoxy groups -OCH3 is 2. The van der Waals surface area contributed by atoms with Gasteiger partial charge < -0.3 is 25.4 Å². The van der Waals surface area contributed by atoms with E-state index in [1.54, 1.807) is 6.07 Å². The number of piperidine rings is 1. The van der Waals surface area contributed by atoms with Crippen LogP contribution >= 0.6 is 0 Å². The van der Waals surface area contributed by atoms with Crippen LogP contribution in [-0.2, 0) is 4.79 Å². The van der Waals surface area contributed by atoms with Gasteiger partial charge in [-0.1, -0.05) is 0 Å². The Hall–Kier alpha value is -2.44. The summed E-state index contributed by atoms with van der Waals surface area (Å²) in [6, 6.07) is 3.58. The molecule has 0 aliphatic carbocycles. The van der Waals surface area contributed by atoms with Gasteiger partial charge in [-0.3, -0.25) is 9.59 Å². The molecule has 1 aliphatic rings. The van der Waals surface area contributed by atoms with Gasteiger partial charge in [0.05, 0.1) is 32.0 Å². The molecule has 0 unspecified atom stereocenters. The van der Waals surface area contributed by atoms with Gasteiger partial charge in [0.15, 0.2) is 11.5 Å². The third kappa shape index (κ3) is 4.15. The van der Waals surface area contributed by atoms with Gasteiger partial charge in [0.2, 0.25) is 5.91 Å². The zero-order chi connectivity index (χ0) is 18.6. The molecule has 7 nitrogen and oxygen atoms in total. The van der Waals surface area contributed by atoms with Gasteiger partial charge >= 0.3 is 0 Å². The van der Waals surface area contributed by atoms with Gasteiger partial charge in [0.25, 0.3) is 5.91 Å². The number of hydrogen-bond donors (Lipinski definition) is 2. The van der Waals surface area contributed by atoms with Gasteiger partial charge in [-0.25, -0.2) is 0 Å². The zero-order valence-electron chi connectivity index (χ0n) is 15.3. The van der Waals surface area contributed by atoms with Gasteiger partial charge in [-0.05, 0) is 39.2 Å². The van der Waals surface area contributed by atoms with Crippen LogP contribution < -0.4 is 20.5 Å². The van der Waals surface area contributed by atoms with Crippen LogP contribution in [0.3, 0.4) is 0 Å². The van der Waals surface area contributed by atoms with Crippen molar-refractivity contribution in [1.29, 1.82) is 0 Å². The van der Waals surface area contributed by atoms with E-state index < -0.39 is 5.91 Å². The first-order valence-corrected chi connectivity index (χ1v) is 8.49. The SMILES string of the molecule is COc1cc(NCC(=O)N2[C@H](C)CCC[C@@H]2C)c(C(N)=O)cc1OC. The van der Waals surface area contributed by atoms with Crippen molar-refractivity contribution in [2.75, 3.05) is 26.1 Å². The van der Waals surface area contributed by atoms with Crippen molar-refractivity contribution in [3.8, 4) is 11.5 Å². The number of nitrogens with zero attached hydrogens (tertiary/aromatic N) is 1. The molecule has 2 atom stereocenters. The lowest BCUT2D eigenvalue weighted by molar-refractivity contribution is -0.135. The van der Waals surface area contributed by atoms with E-state index in [-0.39, 0.29) is 30.1 Å². The first kappa shape index (κ1) is 18.9. The van der Waals surface area contributed by atoms with Crippen LogP contribution in [0.2, 0.25) is 0 Å². The molecule has 0 radical (unpaired) electrons. The Morgan fingerprint density at radius 1 is 1.16 bits per heavy atom. The summed E-state index contributed by atoms with van der Waals surface area (Å²) in [5.41, 5.74) is 6.16. The van der Waals surface area contributed by atoms with Crippen LogP contribution in [-0.4, -0.2) is 49.6 Å². The minimum Gasteiger partial charge on any atom is -0.493 e. The Morgan fingerprint density at radius 3 is 2.24 bits per heavy atom. The van der Waals surface area contributed by atoms with Crippen LogP contribution in [0.5, 0.6) is 11.5 Å². The summed E-state index contributed by atoms with van der Waals surface area (Å²) in [4.78, 5) is 26.3. The molecular formula is C18H27N3O4. The molecule has 1 aromatic rings. The number of rotatable bonds is 6. The van der Waals surface area contributed by atoms with E-state index in [9.17, 15) is 9.59 Å². The largest absolute Gasteiger partial charge is 0.493 e. The summed E-state index contributed by atoms with van der Waals surface area (Å²) in [5.74, 6) is 0.272. The Labute approximate surface area is 148 Å². The van der Waals surface area contributed by atoms with Crippen molar-refractivity contribution in [3.63, 3.8) is 0 Å². The number of hydrogen-bond acceptors (Lipinski definition) is 5. The maximum Gasteiger partial charge on any atom is 0.250 e. The van der Waals surface area contributed by atoms with Crippen LogP contribution in [0.15, 0.2) is 12.1 Å². The average Bonchev–Trinajstić information content (AvgIpc) is 2.58. The van der Waals surface area contributed by atoms with Gasteiger partial charge in [-0.15, -0.1) is 0 Å². The van der Waals surface area contributed by atoms with E-state index in [0.717, 1.165) is 19.3 Å². The average molecular weight is 349 g/mol. The Balaban J connectivity index is 2.18.